The Morgan fingerprint density at radius 1 is 0.732 bits per heavy atom. The lowest BCUT2D eigenvalue weighted by molar-refractivity contribution is -0.136. The highest BCUT2D eigenvalue weighted by Gasteiger charge is 2.39. The highest BCUT2D eigenvalue weighted by Crippen LogP contribution is 2.39. The monoisotopic (exact) mass is 764 g/mol. The van der Waals surface area contributed by atoms with Crippen molar-refractivity contribution in [1.29, 1.82) is 0 Å². The van der Waals surface area contributed by atoms with E-state index in [0.717, 1.165) is 89.5 Å². The largest absolute Gasteiger partial charge is 0.453 e. The van der Waals surface area contributed by atoms with E-state index in [1.807, 2.05) is 43.7 Å². The van der Waals surface area contributed by atoms with Crippen molar-refractivity contribution in [2.24, 2.45) is 11.8 Å². The van der Waals surface area contributed by atoms with Gasteiger partial charge in [-0.05, 0) is 72.6 Å². The molecule has 3 aliphatic rings. The lowest BCUT2D eigenvalue weighted by atomic mass is 9.89. The number of hydrogen-bond donors (Lipinski definition) is 4. The first kappa shape index (κ1) is 38.6. The van der Waals surface area contributed by atoms with E-state index in [0.29, 0.717) is 13.1 Å². The van der Waals surface area contributed by atoms with E-state index in [-0.39, 0.29) is 35.7 Å². The van der Waals surface area contributed by atoms with Crippen molar-refractivity contribution in [3.05, 3.63) is 71.6 Å². The zero-order valence-corrected chi connectivity index (χ0v) is 33.0. The minimum atomic E-state index is -0.686. The average molecular weight is 765 g/mol. The molecule has 4 amide bonds. The number of H-pyrrole nitrogens is 2. The van der Waals surface area contributed by atoms with Crippen molar-refractivity contribution in [3.8, 4) is 33.6 Å². The predicted molar refractivity (Wildman–Crippen MR) is 210 cm³/mol. The summed E-state index contributed by atoms with van der Waals surface area (Å²) in [7, 11) is 2.59. The van der Waals surface area contributed by atoms with Gasteiger partial charge in [-0.3, -0.25) is 9.59 Å². The van der Waals surface area contributed by atoms with Crippen LogP contribution in [0.15, 0.2) is 48.7 Å². The fourth-order valence-corrected chi connectivity index (χ4v) is 8.34. The zero-order valence-electron chi connectivity index (χ0n) is 33.0. The third-order valence-electron chi connectivity index (χ3n) is 11.4. The molecule has 14 nitrogen and oxygen atoms in total. The number of aromatic amines is 2. The summed E-state index contributed by atoms with van der Waals surface area (Å²) in [6.45, 7) is 8.84. The van der Waals surface area contributed by atoms with Gasteiger partial charge in [0.05, 0.1) is 43.9 Å². The van der Waals surface area contributed by atoms with E-state index in [2.05, 4.69) is 63.1 Å². The molecule has 0 saturated carbocycles. The molecule has 2 aromatic heterocycles. The molecular weight excluding hydrogens is 713 g/mol. The number of alkyl carbamates (subject to hydrolysis) is 2. The Balaban J connectivity index is 1.05. The second kappa shape index (κ2) is 16.2. The van der Waals surface area contributed by atoms with Gasteiger partial charge in [-0.15, -0.1) is 0 Å². The normalized spacial score (nSPS) is 18.7. The number of methoxy groups -OCH3 is 2. The number of likely N-dealkylation sites (tertiary alicyclic amines) is 2. The van der Waals surface area contributed by atoms with Gasteiger partial charge < -0.3 is 39.9 Å². The molecule has 2 aromatic carbocycles. The number of carbonyl (C=O) groups excluding carboxylic acids is 4. The first-order chi connectivity index (χ1) is 27.0. The summed E-state index contributed by atoms with van der Waals surface area (Å²) in [6, 6.07) is 13.2. The lowest BCUT2D eigenvalue weighted by Gasteiger charge is -2.30. The molecular formula is C42H52N8O6. The van der Waals surface area contributed by atoms with Crippen LogP contribution in [0.2, 0.25) is 0 Å². The van der Waals surface area contributed by atoms with Crippen molar-refractivity contribution in [2.75, 3.05) is 27.3 Å². The summed E-state index contributed by atoms with van der Waals surface area (Å²) in [5.74, 6) is 1.06. The van der Waals surface area contributed by atoms with Crippen LogP contribution >= 0.6 is 0 Å². The Bertz CT molecular complexity index is 2090. The number of rotatable bonds is 10. The molecule has 4 heterocycles. The van der Waals surface area contributed by atoms with Gasteiger partial charge in [0.2, 0.25) is 11.8 Å². The third kappa shape index (κ3) is 7.61. The number of carbonyl (C=O) groups is 4. The van der Waals surface area contributed by atoms with Gasteiger partial charge in [0.25, 0.3) is 0 Å². The predicted octanol–water partition coefficient (Wildman–Crippen LogP) is 6.32. The summed E-state index contributed by atoms with van der Waals surface area (Å²) < 4.78 is 9.55. The Morgan fingerprint density at radius 2 is 1.29 bits per heavy atom. The molecule has 4 atom stereocenters. The van der Waals surface area contributed by atoms with E-state index in [4.69, 9.17) is 19.4 Å². The molecule has 2 aliphatic heterocycles. The van der Waals surface area contributed by atoms with Crippen LogP contribution in [0.25, 0.3) is 33.6 Å². The summed E-state index contributed by atoms with van der Waals surface area (Å²) in [5, 5.41) is 5.42. The fraction of sp³-hybridized carbons (Fsp3) is 0.476. The van der Waals surface area contributed by atoms with Crippen molar-refractivity contribution in [3.63, 3.8) is 0 Å². The van der Waals surface area contributed by atoms with Gasteiger partial charge in [0, 0.05) is 24.3 Å². The Hall–Kier alpha value is -5.66. The number of hydrogen-bond acceptors (Lipinski definition) is 8. The molecule has 1 unspecified atom stereocenters. The molecule has 0 spiro atoms. The quantitative estimate of drug-likeness (QED) is 0.145. The van der Waals surface area contributed by atoms with Gasteiger partial charge in [-0.25, -0.2) is 19.6 Å². The van der Waals surface area contributed by atoms with E-state index in [1.165, 1.54) is 19.8 Å². The maximum absolute atomic E-state index is 13.7. The first-order valence-corrected chi connectivity index (χ1v) is 19.6. The van der Waals surface area contributed by atoms with Crippen LogP contribution in [-0.2, 0) is 31.9 Å². The van der Waals surface area contributed by atoms with Gasteiger partial charge in [0.1, 0.15) is 23.7 Å². The van der Waals surface area contributed by atoms with Crippen LogP contribution < -0.4 is 10.6 Å². The topological polar surface area (TPSA) is 175 Å². The molecule has 2 saturated heterocycles. The number of fused-ring (bicyclic) bond motifs is 3. The summed E-state index contributed by atoms with van der Waals surface area (Å²) in [5.41, 5.74) is 8.42. The third-order valence-corrected chi connectivity index (χ3v) is 11.4. The number of ether oxygens (including phenoxy) is 2. The minimum Gasteiger partial charge on any atom is -0.453 e. The minimum absolute atomic E-state index is 0.0993. The number of aryl methyl sites for hydroxylation is 2. The maximum atomic E-state index is 13.7. The van der Waals surface area contributed by atoms with Gasteiger partial charge in [0.15, 0.2) is 0 Å². The van der Waals surface area contributed by atoms with E-state index < -0.39 is 24.3 Å². The zero-order chi connectivity index (χ0) is 39.7. The van der Waals surface area contributed by atoms with Crippen LogP contribution in [0.5, 0.6) is 0 Å². The van der Waals surface area contributed by atoms with E-state index in [1.54, 1.807) is 0 Å². The van der Waals surface area contributed by atoms with Gasteiger partial charge in [-0.1, -0.05) is 70.2 Å². The van der Waals surface area contributed by atoms with Crippen LogP contribution in [0.3, 0.4) is 0 Å². The van der Waals surface area contributed by atoms with Crippen LogP contribution in [0.4, 0.5) is 9.59 Å². The van der Waals surface area contributed by atoms with Crippen LogP contribution in [-0.4, -0.2) is 93.1 Å². The summed E-state index contributed by atoms with van der Waals surface area (Å²) in [4.78, 5) is 71.7. The molecule has 1 aliphatic carbocycles. The van der Waals surface area contributed by atoms with Crippen molar-refractivity contribution >= 4 is 24.0 Å². The van der Waals surface area contributed by atoms with Gasteiger partial charge in [-0.2, -0.15) is 0 Å². The summed E-state index contributed by atoms with van der Waals surface area (Å²) in [6.07, 6.45) is 5.57. The molecule has 56 heavy (non-hydrogen) atoms. The summed E-state index contributed by atoms with van der Waals surface area (Å²) >= 11 is 0. The molecule has 296 valence electrons. The number of amides is 4. The van der Waals surface area contributed by atoms with Crippen molar-refractivity contribution < 1.29 is 28.7 Å². The smallest absolute Gasteiger partial charge is 0.407 e. The molecule has 0 bridgehead atoms. The number of nitrogens with one attached hydrogen (secondary N) is 4. The standard InChI is InChI=1S/C42H52N8O6/c1-23(2)34(47-41(53)55-5)39(51)49-19-7-9-32(49)37-43-22-31(45-37)26-13-11-25(12-14-26)27-15-17-29-28(21-27)16-18-30-36(29)46-38(44-30)33-10-8-20-50(33)40(52)35(24(3)4)48-42(54)56-6/h11-15,17,21-24,32-35H,7-10,16,18-20H2,1-6H3,(H,43,45)(H,44,46)(H,47,53)(H,48,54)/t32-,33-,34?,35-/m0/s1. The maximum Gasteiger partial charge on any atom is 0.407 e. The number of benzene rings is 2. The van der Waals surface area contributed by atoms with E-state index >= 15 is 0 Å². The Morgan fingerprint density at radius 3 is 1.86 bits per heavy atom. The van der Waals surface area contributed by atoms with E-state index in [9.17, 15) is 19.2 Å². The Labute approximate surface area is 327 Å². The molecule has 4 N–H and O–H groups in total. The highest BCUT2D eigenvalue weighted by atomic mass is 16.5. The number of aromatic nitrogens is 4. The molecule has 4 aromatic rings. The fourth-order valence-electron chi connectivity index (χ4n) is 8.34. The van der Waals surface area contributed by atoms with Crippen molar-refractivity contribution in [1.82, 2.24) is 40.4 Å². The SMILES string of the molecule is COC(=O)NC(C(=O)N1CCC[C@H]1c1ncc(-c2ccc(-c3ccc4c(c3)CCc3[nH]c([C@@H]5CCCN5C(=O)[C@@H](NC(=O)OC)C(C)C)nc3-4)cc2)[nH]1)C(C)C. The molecule has 14 heteroatoms. The molecule has 7 rings (SSSR count). The van der Waals surface area contributed by atoms with Crippen LogP contribution in [0.1, 0.15) is 88.4 Å². The highest BCUT2D eigenvalue weighted by molar-refractivity contribution is 5.87. The second-order valence-electron chi connectivity index (χ2n) is 15.7. The van der Waals surface area contributed by atoms with Crippen molar-refractivity contribution in [2.45, 2.75) is 90.4 Å². The molecule has 0 radical (unpaired) electrons. The number of nitrogens with zero attached hydrogens (tertiary/aromatic N) is 4. The van der Waals surface area contributed by atoms with Crippen LogP contribution in [0, 0.1) is 11.8 Å². The second-order valence-corrected chi connectivity index (χ2v) is 15.7. The number of imidazole rings is 2. The Kier molecular flexibility index (Phi) is 11.2. The average Bonchev–Trinajstić information content (AvgIpc) is 4.04. The van der Waals surface area contributed by atoms with Gasteiger partial charge >= 0.3 is 12.2 Å². The molecule has 2 fully saturated rings. The first-order valence-electron chi connectivity index (χ1n) is 19.6. The lowest BCUT2D eigenvalue weighted by Crippen LogP contribution is -2.51.